The van der Waals surface area contributed by atoms with Crippen LogP contribution in [0.3, 0.4) is 0 Å². The van der Waals surface area contributed by atoms with Crippen LogP contribution < -0.4 is 5.32 Å². The van der Waals surface area contributed by atoms with Crippen LogP contribution in [0.5, 0.6) is 0 Å². The Morgan fingerprint density at radius 3 is 2.66 bits per heavy atom. The van der Waals surface area contributed by atoms with Gasteiger partial charge in [-0.05, 0) is 87.2 Å². The summed E-state index contributed by atoms with van der Waals surface area (Å²) < 4.78 is 44.9. The fraction of sp³-hybridized carbons (Fsp3) is 0.500. The Kier molecular flexibility index (Phi) is 6.47. The van der Waals surface area contributed by atoms with Gasteiger partial charge in [-0.1, -0.05) is 24.3 Å². The molecular formula is C28H31F3N2O2. The van der Waals surface area contributed by atoms with E-state index < -0.39 is 11.7 Å². The van der Waals surface area contributed by atoms with Gasteiger partial charge in [-0.25, -0.2) is 0 Å². The van der Waals surface area contributed by atoms with Crippen molar-refractivity contribution in [3.8, 4) is 11.1 Å². The number of halogens is 3. The lowest BCUT2D eigenvalue weighted by Gasteiger charge is -2.47. The first-order valence-corrected chi connectivity index (χ1v) is 12.4. The van der Waals surface area contributed by atoms with Gasteiger partial charge in [0.25, 0.3) is 0 Å². The molecule has 7 atom stereocenters. The van der Waals surface area contributed by atoms with Gasteiger partial charge in [-0.2, -0.15) is 13.2 Å². The molecule has 7 heteroatoms. The number of cyclic esters (lactones) is 1. The van der Waals surface area contributed by atoms with Crippen molar-refractivity contribution in [3.05, 3.63) is 59.9 Å². The van der Waals surface area contributed by atoms with Crippen molar-refractivity contribution in [2.45, 2.75) is 50.9 Å². The summed E-state index contributed by atoms with van der Waals surface area (Å²) >= 11 is 0. The van der Waals surface area contributed by atoms with E-state index in [9.17, 15) is 18.0 Å². The number of hydrogen-bond donors (Lipinski definition) is 1. The number of fused-ring (bicyclic) bond motifs is 2. The SMILES string of the molecule is CN[C@H]1CC[C@@H]2[C@@H](C1)C[C@H]1C(=O)O[C@H](C)[C@H]1[C@H]2C=Cc1ccc(-c2cccc(C(F)(F)F)c2)cn1. The highest BCUT2D eigenvalue weighted by Crippen LogP contribution is 2.53. The quantitative estimate of drug-likeness (QED) is 0.543. The summed E-state index contributed by atoms with van der Waals surface area (Å²) in [6.07, 6.45) is 5.59. The first-order chi connectivity index (χ1) is 16.7. The summed E-state index contributed by atoms with van der Waals surface area (Å²) in [6, 6.07) is 9.42. The van der Waals surface area contributed by atoms with Crippen LogP contribution in [0.2, 0.25) is 0 Å². The number of hydrogen-bond acceptors (Lipinski definition) is 4. The van der Waals surface area contributed by atoms with Gasteiger partial charge in [-0.15, -0.1) is 0 Å². The van der Waals surface area contributed by atoms with Crippen LogP contribution >= 0.6 is 0 Å². The van der Waals surface area contributed by atoms with Gasteiger partial charge in [-0.3, -0.25) is 9.78 Å². The van der Waals surface area contributed by atoms with Gasteiger partial charge in [0.15, 0.2) is 0 Å². The molecule has 3 aliphatic rings. The van der Waals surface area contributed by atoms with Gasteiger partial charge in [0, 0.05) is 23.7 Å². The molecule has 2 aromatic rings. The number of nitrogens with one attached hydrogen (secondary N) is 1. The average molecular weight is 485 g/mol. The number of ether oxygens (including phenoxy) is 1. The van der Waals surface area contributed by atoms with Crippen LogP contribution in [0.15, 0.2) is 48.7 Å². The van der Waals surface area contributed by atoms with Gasteiger partial charge in [0.1, 0.15) is 6.10 Å². The monoisotopic (exact) mass is 484 g/mol. The molecule has 4 nitrogen and oxygen atoms in total. The number of alkyl halides is 3. The lowest BCUT2D eigenvalue weighted by atomic mass is 9.57. The van der Waals surface area contributed by atoms with E-state index in [1.54, 1.807) is 18.3 Å². The van der Waals surface area contributed by atoms with Crippen LogP contribution in [0.25, 0.3) is 17.2 Å². The highest BCUT2D eigenvalue weighted by Gasteiger charge is 2.54. The number of carbonyl (C=O) groups is 1. The molecule has 0 spiro atoms. The molecule has 2 aliphatic carbocycles. The van der Waals surface area contributed by atoms with E-state index in [1.807, 2.05) is 26.1 Å². The number of carbonyl (C=O) groups excluding carboxylic acids is 1. The molecule has 0 radical (unpaired) electrons. The fourth-order valence-electron chi connectivity index (χ4n) is 6.64. The van der Waals surface area contributed by atoms with Gasteiger partial charge < -0.3 is 10.1 Å². The Labute approximate surface area is 204 Å². The molecule has 1 aromatic heterocycles. The second kappa shape index (κ2) is 9.41. The number of esters is 1. The Hall–Kier alpha value is -2.67. The van der Waals surface area contributed by atoms with Gasteiger partial charge in [0.05, 0.1) is 17.2 Å². The van der Waals surface area contributed by atoms with Crippen LogP contribution in [-0.2, 0) is 15.7 Å². The number of pyridine rings is 1. The minimum Gasteiger partial charge on any atom is -0.462 e. The number of aromatic nitrogens is 1. The number of nitrogens with zero attached hydrogens (tertiary/aromatic N) is 1. The minimum absolute atomic E-state index is 0.0484. The molecule has 0 unspecified atom stereocenters. The standard InChI is InChI=1S/C28H31F3N2O2/c1-16-26-24(23-10-9-22(32-2)13-19(23)14-25(26)27(34)35-16)11-8-21-7-6-18(15-33-21)17-4-3-5-20(12-17)28(29,30)31/h3-8,11-12,15-16,19,22-26,32H,9-10,13-14H2,1-2H3/t16-,19+,22+,23-,24+,25-,26+/m1/s1. The topological polar surface area (TPSA) is 51.2 Å². The Bertz CT molecular complexity index is 1100. The number of benzene rings is 1. The van der Waals surface area contributed by atoms with E-state index >= 15 is 0 Å². The Morgan fingerprint density at radius 2 is 1.94 bits per heavy atom. The van der Waals surface area contributed by atoms with E-state index in [0.29, 0.717) is 29.0 Å². The Morgan fingerprint density at radius 1 is 1.11 bits per heavy atom. The molecule has 5 rings (SSSR count). The molecule has 3 fully saturated rings. The van der Waals surface area contributed by atoms with Crippen molar-refractivity contribution >= 4 is 12.0 Å². The highest BCUT2D eigenvalue weighted by molar-refractivity contribution is 5.75. The molecule has 1 aromatic carbocycles. The molecule has 1 saturated heterocycles. The fourth-order valence-corrected chi connectivity index (χ4v) is 6.64. The highest BCUT2D eigenvalue weighted by atomic mass is 19.4. The summed E-state index contributed by atoms with van der Waals surface area (Å²) in [6.45, 7) is 2.01. The number of allylic oxidation sites excluding steroid dienone is 1. The predicted octanol–water partition coefficient (Wildman–Crippen LogP) is 5.98. The third-order valence-corrected chi connectivity index (χ3v) is 8.36. The van der Waals surface area contributed by atoms with Crippen LogP contribution in [0.1, 0.15) is 43.9 Å². The summed E-state index contributed by atoms with van der Waals surface area (Å²) in [7, 11) is 2.01. The molecule has 0 bridgehead atoms. The average Bonchev–Trinajstić information content (AvgIpc) is 3.14. The smallest absolute Gasteiger partial charge is 0.416 e. The largest absolute Gasteiger partial charge is 0.462 e. The zero-order valence-electron chi connectivity index (χ0n) is 20.0. The first-order valence-electron chi connectivity index (χ1n) is 12.4. The maximum absolute atomic E-state index is 13.1. The van der Waals surface area contributed by atoms with Crippen molar-refractivity contribution in [1.29, 1.82) is 0 Å². The lowest BCUT2D eigenvalue weighted by molar-refractivity contribution is -0.144. The van der Waals surface area contributed by atoms with E-state index in [4.69, 9.17) is 4.74 Å². The van der Waals surface area contributed by atoms with E-state index in [-0.39, 0.29) is 29.8 Å². The zero-order valence-corrected chi connectivity index (χ0v) is 20.0. The second-order valence-electron chi connectivity index (χ2n) is 10.3. The van der Waals surface area contributed by atoms with Crippen molar-refractivity contribution in [2.75, 3.05) is 7.05 Å². The first kappa shape index (κ1) is 24.0. The predicted molar refractivity (Wildman–Crippen MR) is 128 cm³/mol. The zero-order chi connectivity index (χ0) is 24.7. The maximum atomic E-state index is 13.1. The summed E-state index contributed by atoms with van der Waals surface area (Å²) in [4.78, 5) is 17.1. The molecule has 186 valence electrons. The normalized spacial score (nSPS) is 32.8. The molecule has 1 aliphatic heterocycles. The van der Waals surface area contributed by atoms with Crippen LogP contribution in [-0.4, -0.2) is 30.1 Å². The van der Waals surface area contributed by atoms with Crippen molar-refractivity contribution in [1.82, 2.24) is 10.3 Å². The van der Waals surface area contributed by atoms with Crippen LogP contribution in [0, 0.1) is 29.6 Å². The maximum Gasteiger partial charge on any atom is 0.416 e. The van der Waals surface area contributed by atoms with E-state index in [1.165, 1.54) is 6.07 Å². The summed E-state index contributed by atoms with van der Waals surface area (Å²) in [5, 5.41) is 3.41. The van der Waals surface area contributed by atoms with E-state index in [0.717, 1.165) is 43.5 Å². The number of rotatable bonds is 4. The van der Waals surface area contributed by atoms with Crippen molar-refractivity contribution in [2.24, 2.45) is 29.6 Å². The second-order valence-corrected chi connectivity index (χ2v) is 10.3. The van der Waals surface area contributed by atoms with Gasteiger partial charge >= 0.3 is 12.1 Å². The molecule has 35 heavy (non-hydrogen) atoms. The molecule has 2 saturated carbocycles. The van der Waals surface area contributed by atoms with E-state index in [2.05, 4.69) is 16.4 Å². The molecule has 2 heterocycles. The summed E-state index contributed by atoms with van der Waals surface area (Å²) in [5.41, 5.74) is 1.20. The minimum atomic E-state index is -4.38. The third-order valence-electron chi connectivity index (χ3n) is 8.36. The van der Waals surface area contributed by atoms with Crippen molar-refractivity contribution in [3.63, 3.8) is 0 Å². The molecule has 0 amide bonds. The third kappa shape index (κ3) is 4.75. The lowest BCUT2D eigenvalue weighted by Crippen LogP contribution is -2.46. The van der Waals surface area contributed by atoms with Crippen LogP contribution in [0.4, 0.5) is 13.2 Å². The molecular weight excluding hydrogens is 453 g/mol. The molecule has 1 N–H and O–H groups in total. The van der Waals surface area contributed by atoms with Gasteiger partial charge in [0.2, 0.25) is 0 Å². The Balaban J connectivity index is 1.37. The summed E-state index contributed by atoms with van der Waals surface area (Å²) in [5.74, 6) is 1.31. The van der Waals surface area contributed by atoms with Crippen molar-refractivity contribution < 1.29 is 22.7 Å².